The molecule has 2 atom stereocenters. The van der Waals surface area contributed by atoms with E-state index in [2.05, 4.69) is 6.92 Å². The summed E-state index contributed by atoms with van der Waals surface area (Å²) in [5.74, 6) is -4.20. The van der Waals surface area contributed by atoms with Crippen LogP contribution in [0, 0.1) is 29.3 Å². The number of rotatable bonds is 4. The Morgan fingerprint density at radius 1 is 1.00 bits per heavy atom. The van der Waals surface area contributed by atoms with Crippen molar-refractivity contribution in [3.8, 4) is 0 Å². The fourth-order valence-corrected chi connectivity index (χ4v) is 3.85. The van der Waals surface area contributed by atoms with E-state index in [0.717, 1.165) is 19.4 Å². The van der Waals surface area contributed by atoms with Gasteiger partial charge in [-0.2, -0.15) is 8.78 Å². The molecule has 1 aliphatic heterocycles. The Hall–Kier alpha value is -1.21. The average molecular weight is 380 g/mol. The molecule has 0 spiro atoms. The van der Waals surface area contributed by atoms with E-state index in [1.54, 1.807) is 0 Å². The standard InChI is InChI=1S/C19H23F5O2.H2/c1-11-2-7-17(25-10-11)12-3-5-14(6-4-12)26-19(23,24)13-8-15(20)18(22)16(21)9-13;/h8-9,11-12,14,17H,2-7,10H2,1H3;1H. The highest BCUT2D eigenvalue weighted by atomic mass is 19.3. The maximum absolute atomic E-state index is 14.2. The van der Waals surface area contributed by atoms with Crippen LogP contribution in [0.15, 0.2) is 12.1 Å². The Kier molecular flexibility index (Phi) is 5.87. The molecule has 2 fully saturated rings. The molecule has 1 saturated heterocycles. The van der Waals surface area contributed by atoms with Crippen molar-refractivity contribution in [1.82, 2.24) is 0 Å². The molecule has 2 nitrogen and oxygen atoms in total. The van der Waals surface area contributed by atoms with Crippen molar-refractivity contribution in [2.75, 3.05) is 6.61 Å². The average Bonchev–Trinajstić information content (AvgIpc) is 2.60. The first kappa shape index (κ1) is 19.5. The predicted octanol–water partition coefficient (Wildman–Crippen LogP) is 5.79. The van der Waals surface area contributed by atoms with Crippen LogP contribution in [0.3, 0.4) is 0 Å². The molecule has 0 amide bonds. The smallest absolute Gasteiger partial charge is 0.378 e. The molecule has 0 bridgehead atoms. The second-order valence-corrected chi connectivity index (χ2v) is 7.48. The fourth-order valence-electron chi connectivity index (χ4n) is 3.85. The molecule has 7 heteroatoms. The third-order valence-corrected chi connectivity index (χ3v) is 5.42. The van der Waals surface area contributed by atoms with Crippen LogP contribution in [0.4, 0.5) is 22.0 Å². The van der Waals surface area contributed by atoms with Crippen molar-refractivity contribution in [2.24, 2.45) is 11.8 Å². The summed E-state index contributed by atoms with van der Waals surface area (Å²) in [5.41, 5.74) is -1.01. The summed E-state index contributed by atoms with van der Waals surface area (Å²) in [6.07, 6.45) is -0.0128. The van der Waals surface area contributed by atoms with Crippen LogP contribution in [0.25, 0.3) is 0 Å². The second kappa shape index (κ2) is 7.80. The van der Waals surface area contributed by atoms with Crippen LogP contribution in [0.2, 0.25) is 0 Å². The maximum Gasteiger partial charge on any atom is 0.383 e. The number of benzene rings is 1. The molecule has 2 aliphatic rings. The van der Waals surface area contributed by atoms with Crippen molar-refractivity contribution in [3.05, 3.63) is 35.1 Å². The van der Waals surface area contributed by atoms with E-state index < -0.39 is 35.2 Å². The largest absolute Gasteiger partial charge is 0.383 e. The summed E-state index contributed by atoms with van der Waals surface area (Å²) in [6.45, 7) is 2.88. The van der Waals surface area contributed by atoms with Crippen molar-refractivity contribution in [2.45, 2.75) is 63.8 Å². The molecule has 26 heavy (non-hydrogen) atoms. The van der Waals surface area contributed by atoms with Gasteiger partial charge in [-0.05, 0) is 62.5 Å². The van der Waals surface area contributed by atoms with Crippen LogP contribution in [0.1, 0.15) is 52.4 Å². The third kappa shape index (κ3) is 4.36. The van der Waals surface area contributed by atoms with Crippen LogP contribution < -0.4 is 0 Å². The zero-order valence-electron chi connectivity index (χ0n) is 14.6. The van der Waals surface area contributed by atoms with Gasteiger partial charge in [0, 0.05) is 8.03 Å². The zero-order chi connectivity index (χ0) is 18.9. The Balaban J connectivity index is 0.00000261. The minimum absolute atomic E-state index is 0. The van der Waals surface area contributed by atoms with Crippen molar-refractivity contribution >= 4 is 0 Å². The minimum atomic E-state index is -3.87. The Bertz CT molecular complexity index is 604. The van der Waals surface area contributed by atoms with Gasteiger partial charge < -0.3 is 9.47 Å². The number of halogens is 5. The Morgan fingerprint density at radius 2 is 1.62 bits per heavy atom. The lowest BCUT2D eigenvalue weighted by atomic mass is 9.80. The van der Waals surface area contributed by atoms with Crippen molar-refractivity contribution in [1.29, 1.82) is 0 Å². The van der Waals surface area contributed by atoms with Crippen molar-refractivity contribution in [3.63, 3.8) is 0 Å². The lowest BCUT2D eigenvalue weighted by molar-refractivity contribution is -0.279. The molecule has 0 aromatic heterocycles. The van der Waals surface area contributed by atoms with Crippen LogP contribution in [-0.4, -0.2) is 18.8 Å². The molecule has 1 saturated carbocycles. The molecule has 3 rings (SSSR count). The van der Waals surface area contributed by atoms with Gasteiger partial charge in [0.25, 0.3) is 0 Å². The van der Waals surface area contributed by atoms with E-state index in [1.807, 2.05) is 0 Å². The topological polar surface area (TPSA) is 18.5 Å². The summed E-state index contributed by atoms with van der Waals surface area (Å²) >= 11 is 0. The van der Waals surface area contributed by atoms with Gasteiger partial charge in [-0.3, -0.25) is 0 Å². The van der Waals surface area contributed by atoms with E-state index in [0.29, 0.717) is 37.5 Å². The van der Waals surface area contributed by atoms with Gasteiger partial charge in [0.2, 0.25) is 0 Å². The van der Waals surface area contributed by atoms with Gasteiger partial charge >= 0.3 is 6.11 Å². The van der Waals surface area contributed by atoms with Gasteiger partial charge in [0.1, 0.15) is 0 Å². The molecular weight excluding hydrogens is 355 g/mol. The number of hydrogen-bond donors (Lipinski definition) is 0. The zero-order valence-corrected chi connectivity index (χ0v) is 14.6. The van der Waals surface area contributed by atoms with E-state index >= 15 is 0 Å². The maximum atomic E-state index is 14.2. The van der Waals surface area contributed by atoms with E-state index in [1.165, 1.54) is 0 Å². The number of ether oxygens (including phenoxy) is 2. The lowest BCUT2D eigenvalue weighted by Crippen LogP contribution is -2.36. The normalized spacial score (nSPS) is 30.4. The third-order valence-electron chi connectivity index (χ3n) is 5.42. The highest BCUT2D eigenvalue weighted by Gasteiger charge is 2.40. The molecular formula is C19H25F5O2. The summed E-state index contributed by atoms with van der Waals surface area (Å²) in [6, 6.07) is 0.558. The van der Waals surface area contributed by atoms with Crippen LogP contribution in [0.5, 0.6) is 0 Å². The quantitative estimate of drug-likeness (QED) is 0.486. The second-order valence-electron chi connectivity index (χ2n) is 7.48. The van der Waals surface area contributed by atoms with Gasteiger partial charge in [-0.15, -0.1) is 0 Å². The molecule has 148 valence electrons. The molecule has 2 unspecified atom stereocenters. The monoisotopic (exact) mass is 380 g/mol. The van der Waals surface area contributed by atoms with Crippen LogP contribution in [-0.2, 0) is 15.6 Å². The number of alkyl halides is 2. The highest BCUT2D eigenvalue weighted by Crippen LogP contribution is 2.39. The predicted molar refractivity (Wildman–Crippen MR) is 87.3 cm³/mol. The van der Waals surface area contributed by atoms with E-state index in [9.17, 15) is 22.0 Å². The number of hydrogen-bond acceptors (Lipinski definition) is 2. The fraction of sp³-hybridized carbons (Fsp3) is 0.684. The van der Waals surface area contributed by atoms with E-state index in [4.69, 9.17) is 9.47 Å². The molecule has 0 N–H and O–H groups in total. The SMILES string of the molecule is CC1CCC(C2CCC(OC(F)(F)c3cc(F)c(F)c(F)c3)CC2)OC1.[HH]. The van der Waals surface area contributed by atoms with Crippen molar-refractivity contribution < 1.29 is 32.9 Å². The minimum Gasteiger partial charge on any atom is -0.378 e. The summed E-state index contributed by atoms with van der Waals surface area (Å²) in [4.78, 5) is 0. The first-order valence-corrected chi connectivity index (χ1v) is 9.08. The first-order chi connectivity index (χ1) is 12.3. The van der Waals surface area contributed by atoms with Gasteiger partial charge in [0.15, 0.2) is 17.5 Å². The van der Waals surface area contributed by atoms with Gasteiger partial charge in [-0.1, -0.05) is 6.92 Å². The van der Waals surface area contributed by atoms with Crippen LogP contribution >= 0.6 is 0 Å². The van der Waals surface area contributed by atoms with Gasteiger partial charge in [0.05, 0.1) is 17.8 Å². The Morgan fingerprint density at radius 3 is 2.15 bits per heavy atom. The summed E-state index contributed by atoms with van der Waals surface area (Å²) in [7, 11) is 0. The molecule has 1 aliphatic carbocycles. The summed E-state index contributed by atoms with van der Waals surface area (Å²) in [5, 5.41) is 0. The Labute approximate surface area is 151 Å². The molecule has 1 heterocycles. The molecule has 1 aromatic carbocycles. The van der Waals surface area contributed by atoms with Gasteiger partial charge in [-0.25, -0.2) is 13.2 Å². The summed E-state index contributed by atoms with van der Waals surface area (Å²) < 4.78 is 78.5. The molecule has 0 radical (unpaired) electrons. The highest BCUT2D eigenvalue weighted by molar-refractivity contribution is 5.22. The van der Waals surface area contributed by atoms with E-state index in [-0.39, 0.29) is 19.7 Å². The molecule has 1 aromatic rings. The first-order valence-electron chi connectivity index (χ1n) is 9.08. The lowest BCUT2D eigenvalue weighted by Gasteiger charge is -2.37.